The van der Waals surface area contributed by atoms with Crippen molar-refractivity contribution in [3.63, 3.8) is 0 Å². The summed E-state index contributed by atoms with van der Waals surface area (Å²) in [4.78, 5) is 12.4. The van der Waals surface area contributed by atoms with Crippen LogP contribution < -0.4 is 10.6 Å². The summed E-state index contributed by atoms with van der Waals surface area (Å²) in [5, 5.41) is 6.53. The monoisotopic (exact) mass is 272 g/mol. The number of rotatable bonds is 2. The Morgan fingerprint density at radius 2 is 1.90 bits per heavy atom. The lowest BCUT2D eigenvalue weighted by molar-refractivity contribution is -0.120. The van der Waals surface area contributed by atoms with Crippen molar-refractivity contribution in [2.24, 2.45) is 5.92 Å². The van der Waals surface area contributed by atoms with Gasteiger partial charge in [0.25, 0.3) is 0 Å². The number of hydrogen-bond acceptors (Lipinski definition) is 2. The second kappa shape index (κ2) is 6.29. The fourth-order valence-corrected chi connectivity index (χ4v) is 3.32. The molecule has 0 atom stereocenters. The van der Waals surface area contributed by atoms with Gasteiger partial charge in [-0.05, 0) is 43.4 Å². The quantitative estimate of drug-likeness (QED) is 0.800. The van der Waals surface area contributed by atoms with Crippen LogP contribution in [0, 0.1) is 5.92 Å². The SMILES string of the molecule is O=C(Nc1ccc2c(c1)NCCC2)C1CCCCCC1. The van der Waals surface area contributed by atoms with Crippen molar-refractivity contribution in [3.8, 4) is 0 Å². The lowest BCUT2D eigenvalue weighted by Gasteiger charge is -2.20. The first-order valence-corrected chi connectivity index (χ1v) is 8.00. The predicted molar refractivity (Wildman–Crippen MR) is 83.1 cm³/mol. The van der Waals surface area contributed by atoms with E-state index in [0.717, 1.165) is 31.5 Å². The van der Waals surface area contributed by atoms with Crippen LogP contribution in [-0.2, 0) is 11.2 Å². The molecule has 1 fully saturated rings. The molecule has 1 amide bonds. The van der Waals surface area contributed by atoms with Gasteiger partial charge in [0, 0.05) is 23.8 Å². The number of anilines is 2. The number of carbonyl (C=O) groups is 1. The summed E-state index contributed by atoms with van der Waals surface area (Å²) in [5.74, 6) is 0.421. The van der Waals surface area contributed by atoms with Gasteiger partial charge >= 0.3 is 0 Å². The number of carbonyl (C=O) groups excluding carboxylic acids is 1. The first-order chi connectivity index (χ1) is 9.83. The van der Waals surface area contributed by atoms with Gasteiger partial charge in [-0.2, -0.15) is 0 Å². The summed E-state index contributed by atoms with van der Waals surface area (Å²) in [6.07, 6.45) is 9.40. The van der Waals surface area contributed by atoms with Gasteiger partial charge in [0.1, 0.15) is 0 Å². The zero-order valence-corrected chi connectivity index (χ0v) is 12.1. The van der Waals surface area contributed by atoms with E-state index in [2.05, 4.69) is 22.8 Å². The molecule has 1 aromatic rings. The van der Waals surface area contributed by atoms with Crippen LogP contribution in [0.4, 0.5) is 11.4 Å². The van der Waals surface area contributed by atoms with Gasteiger partial charge in [-0.3, -0.25) is 4.79 Å². The van der Waals surface area contributed by atoms with Gasteiger partial charge in [0.05, 0.1) is 0 Å². The van der Waals surface area contributed by atoms with Crippen molar-refractivity contribution >= 4 is 17.3 Å². The molecule has 1 aromatic carbocycles. The fraction of sp³-hybridized carbons (Fsp3) is 0.588. The number of hydrogen-bond donors (Lipinski definition) is 2. The summed E-state index contributed by atoms with van der Waals surface area (Å²) in [5.41, 5.74) is 3.49. The molecule has 3 nitrogen and oxygen atoms in total. The summed E-state index contributed by atoms with van der Waals surface area (Å²) >= 11 is 0. The van der Waals surface area contributed by atoms with Crippen LogP contribution in [-0.4, -0.2) is 12.5 Å². The lowest BCUT2D eigenvalue weighted by atomic mass is 9.99. The van der Waals surface area contributed by atoms with Crippen molar-refractivity contribution in [1.29, 1.82) is 0 Å². The number of benzene rings is 1. The molecule has 0 saturated heterocycles. The highest BCUT2D eigenvalue weighted by Crippen LogP contribution is 2.27. The van der Waals surface area contributed by atoms with Gasteiger partial charge in [-0.1, -0.05) is 31.7 Å². The molecule has 108 valence electrons. The summed E-state index contributed by atoms with van der Waals surface area (Å²) in [6.45, 7) is 1.03. The van der Waals surface area contributed by atoms with Crippen molar-refractivity contribution < 1.29 is 4.79 Å². The van der Waals surface area contributed by atoms with Crippen LogP contribution >= 0.6 is 0 Å². The molecule has 1 heterocycles. The fourth-order valence-electron chi connectivity index (χ4n) is 3.32. The lowest BCUT2D eigenvalue weighted by Crippen LogP contribution is -2.22. The smallest absolute Gasteiger partial charge is 0.227 e. The third-order valence-electron chi connectivity index (χ3n) is 4.54. The number of fused-ring (bicyclic) bond motifs is 1. The van der Waals surface area contributed by atoms with Gasteiger partial charge in [0.2, 0.25) is 5.91 Å². The second-order valence-electron chi connectivity index (χ2n) is 6.08. The summed E-state index contributed by atoms with van der Waals surface area (Å²) in [6, 6.07) is 6.27. The third-order valence-corrected chi connectivity index (χ3v) is 4.54. The Hall–Kier alpha value is -1.51. The van der Waals surface area contributed by atoms with Gasteiger partial charge in [0.15, 0.2) is 0 Å². The Kier molecular flexibility index (Phi) is 4.24. The highest BCUT2D eigenvalue weighted by atomic mass is 16.1. The van der Waals surface area contributed by atoms with E-state index in [0.29, 0.717) is 0 Å². The first-order valence-electron chi connectivity index (χ1n) is 8.00. The molecule has 1 saturated carbocycles. The third kappa shape index (κ3) is 3.14. The van der Waals surface area contributed by atoms with Crippen LogP contribution in [0.1, 0.15) is 50.5 Å². The van der Waals surface area contributed by atoms with Gasteiger partial charge in [-0.15, -0.1) is 0 Å². The van der Waals surface area contributed by atoms with E-state index in [9.17, 15) is 4.79 Å². The van der Waals surface area contributed by atoms with E-state index in [1.165, 1.54) is 43.4 Å². The minimum Gasteiger partial charge on any atom is -0.385 e. The maximum atomic E-state index is 12.4. The Morgan fingerprint density at radius 1 is 1.10 bits per heavy atom. The number of amides is 1. The first kappa shape index (κ1) is 13.5. The average Bonchev–Trinajstić information content (AvgIpc) is 2.76. The zero-order chi connectivity index (χ0) is 13.8. The van der Waals surface area contributed by atoms with Crippen LogP contribution in [0.5, 0.6) is 0 Å². The van der Waals surface area contributed by atoms with Gasteiger partial charge in [-0.25, -0.2) is 0 Å². The number of nitrogens with one attached hydrogen (secondary N) is 2. The molecule has 0 unspecified atom stereocenters. The average molecular weight is 272 g/mol. The maximum Gasteiger partial charge on any atom is 0.227 e. The summed E-state index contributed by atoms with van der Waals surface area (Å²) < 4.78 is 0. The Morgan fingerprint density at radius 3 is 2.70 bits per heavy atom. The molecular weight excluding hydrogens is 248 g/mol. The van der Waals surface area contributed by atoms with Crippen molar-refractivity contribution in [2.45, 2.75) is 51.4 Å². The minimum atomic E-state index is 0.210. The molecule has 1 aliphatic carbocycles. The van der Waals surface area contributed by atoms with E-state index >= 15 is 0 Å². The van der Waals surface area contributed by atoms with E-state index in [1.54, 1.807) is 0 Å². The zero-order valence-electron chi connectivity index (χ0n) is 12.1. The molecule has 1 aliphatic heterocycles. The highest BCUT2D eigenvalue weighted by Gasteiger charge is 2.20. The van der Waals surface area contributed by atoms with Gasteiger partial charge < -0.3 is 10.6 Å². The molecule has 0 radical (unpaired) electrons. The minimum absolute atomic E-state index is 0.210. The van der Waals surface area contributed by atoms with E-state index in [-0.39, 0.29) is 11.8 Å². The van der Waals surface area contributed by atoms with Crippen LogP contribution in [0.2, 0.25) is 0 Å². The number of aryl methyl sites for hydroxylation is 1. The molecule has 0 spiro atoms. The van der Waals surface area contributed by atoms with E-state index in [4.69, 9.17) is 0 Å². The molecule has 0 bridgehead atoms. The molecule has 3 heteroatoms. The van der Waals surface area contributed by atoms with Crippen molar-refractivity contribution in [1.82, 2.24) is 0 Å². The van der Waals surface area contributed by atoms with E-state index in [1.807, 2.05) is 6.07 Å². The molecule has 2 N–H and O–H groups in total. The topological polar surface area (TPSA) is 41.1 Å². The largest absolute Gasteiger partial charge is 0.385 e. The molecule has 3 rings (SSSR count). The van der Waals surface area contributed by atoms with Crippen molar-refractivity contribution in [3.05, 3.63) is 23.8 Å². The highest BCUT2D eigenvalue weighted by molar-refractivity contribution is 5.93. The van der Waals surface area contributed by atoms with Crippen molar-refractivity contribution in [2.75, 3.05) is 17.2 Å². The molecular formula is C17H24N2O. The molecule has 2 aliphatic rings. The molecule has 20 heavy (non-hydrogen) atoms. The van der Waals surface area contributed by atoms with E-state index < -0.39 is 0 Å². The predicted octanol–water partition coefficient (Wildman–Crippen LogP) is 3.95. The summed E-state index contributed by atoms with van der Waals surface area (Å²) in [7, 11) is 0. The van der Waals surface area contributed by atoms with Crippen LogP contribution in [0.3, 0.4) is 0 Å². The second-order valence-corrected chi connectivity index (χ2v) is 6.08. The standard InChI is InChI=1S/C17H24N2O/c20-17(14-6-3-1-2-4-7-14)19-15-10-9-13-8-5-11-18-16(13)12-15/h9-10,12,14,18H,1-8,11H2,(H,19,20). The van der Waals surface area contributed by atoms with Crippen LogP contribution in [0.15, 0.2) is 18.2 Å². The Labute approximate surface area is 121 Å². The Balaban J connectivity index is 1.66. The molecule has 0 aromatic heterocycles. The van der Waals surface area contributed by atoms with Crippen LogP contribution in [0.25, 0.3) is 0 Å². The Bertz CT molecular complexity index is 476. The maximum absolute atomic E-state index is 12.4. The normalized spacial score (nSPS) is 19.6.